The van der Waals surface area contributed by atoms with Crippen molar-refractivity contribution in [3.63, 3.8) is 0 Å². The number of hydrogen-bond donors (Lipinski definition) is 2. The summed E-state index contributed by atoms with van der Waals surface area (Å²) in [5, 5.41) is 10.8. The number of ether oxygens (including phenoxy) is 2. The van der Waals surface area contributed by atoms with Crippen molar-refractivity contribution in [1.82, 2.24) is 19.5 Å². The lowest BCUT2D eigenvalue weighted by atomic mass is 9.97. The predicted octanol–water partition coefficient (Wildman–Crippen LogP) is 2.58. The predicted molar refractivity (Wildman–Crippen MR) is 112 cm³/mol. The molecule has 1 aromatic carbocycles. The molecule has 1 aliphatic heterocycles. The smallest absolute Gasteiger partial charge is 0.368 e. The molecule has 0 aliphatic carbocycles. The molecule has 3 aromatic rings. The SMILES string of the molecule is CCOc1nc(N)nc2c1ncn2[C@@H]1O[C@](F)(CO[PH](=O)Oc2ccccc2)C(F)[C@@]1(C)O. The summed E-state index contributed by atoms with van der Waals surface area (Å²) in [5.41, 5.74) is 3.53. The van der Waals surface area contributed by atoms with Crippen LogP contribution in [0.1, 0.15) is 20.1 Å². The van der Waals surface area contributed by atoms with Crippen LogP contribution < -0.4 is 15.0 Å². The number of nitrogens with two attached hydrogens (primary N) is 1. The molecule has 33 heavy (non-hydrogen) atoms. The van der Waals surface area contributed by atoms with E-state index in [9.17, 15) is 9.67 Å². The molecule has 178 valence electrons. The maximum Gasteiger partial charge on any atom is 0.368 e. The standard InChI is InChI=1S/C19H22F2N5O6P/c1-3-29-14-12-13(24-17(22)25-14)26(10-23-12)16-18(2,27)15(20)19(21,31-16)9-30-33(28)32-11-7-5-4-6-8-11/h4-8,10,15-16,27,33H,3,9H2,1-2H3,(H2,22,24,25)/t15?,16-,18-,19-/m1/s1. The van der Waals surface area contributed by atoms with Gasteiger partial charge in [-0.25, -0.2) is 18.3 Å². The van der Waals surface area contributed by atoms with Crippen molar-refractivity contribution in [1.29, 1.82) is 0 Å². The molecule has 0 saturated carbocycles. The van der Waals surface area contributed by atoms with E-state index in [1.807, 2.05) is 0 Å². The lowest BCUT2D eigenvalue weighted by molar-refractivity contribution is -0.191. The van der Waals surface area contributed by atoms with E-state index < -0.39 is 38.7 Å². The van der Waals surface area contributed by atoms with Crippen LogP contribution in [-0.2, 0) is 13.8 Å². The number of benzene rings is 1. The molecule has 14 heteroatoms. The van der Waals surface area contributed by atoms with Gasteiger partial charge in [0.25, 0.3) is 5.85 Å². The Morgan fingerprint density at radius 2 is 2.06 bits per heavy atom. The Morgan fingerprint density at radius 1 is 1.33 bits per heavy atom. The highest BCUT2D eigenvalue weighted by molar-refractivity contribution is 7.33. The second-order valence-corrected chi connectivity index (χ2v) is 8.44. The van der Waals surface area contributed by atoms with E-state index in [0.717, 1.165) is 11.5 Å². The number of para-hydroxylation sites is 1. The maximum atomic E-state index is 15.4. The highest BCUT2D eigenvalue weighted by Crippen LogP contribution is 2.49. The molecule has 1 aliphatic rings. The molecular weight excluding hydrogens is 463 g/mol. The Balaban J connectivity index is 1.57. The highest BCUT2D eigenvalue weighted by atomic mass is 31.1. The highest BCUT2D eigenvalue weighted by Gasteiger charge is 2.64. The quantitative estimate of drug-likeness (QED) is 0.457. The summed E-state index contributed by atoms with van der Waals surface area (Å²) in [6, 6.07) is 8.05. The lowest BCUT2D eigenvalue weighted by Gasteiger charge is -2.26. The first-order valence-electron chi connectivity index (χ1n) is 9.91. The Morgan fingerprint density at radius 3 is 2.76 bits per heavy atom. The summed E-state index contributed by atoms with van der Waals surface area (Å²) in [7, 11) is -3.24. The molecule has 1 saturated heterocycles. The summed E-state index contributed by atoms with van der Waals surface area (Å²) in [6.07, 6.45) is -3.03. The van der Waals surface area contributed by atoms with Crippen LogP contribution in [-0.4, -0.2) is 55.5 Å². The number of alkyl halides is 2. The van der Waals surface area contributed by atoms with Gasteiger partial charge in [-0.2, -0.15) is 9.97 Å². The largest absolute Gasteiger partial charge is 0.476 e. The average Bonchev–Trinajstić information content (AvgIpc) is 3.26. The minimum atomic E-state index is -3.24. The molecule has 3 heterocycles. The Kier molecular flexibility index (Phi) is 6.23. The number of aliphatic hydroxyl groups is 1. The Bertz CT molecular complexity index is 1170. The van der Waals surface area contributed by atoms with E-state index in [4.69, 9.17) is 24.3 Å². The first-order chi connectivity index (χ1) is 15.7. The summed E-state index contributed by atoms with van der Waals surface area (Å²) in [6.45, 7) is 1.94. The van der Waals surface area contributed by atoms with E-state index in [1.54, 1.807) is 25.1 Å². The zero-order chi connectivity index (χ0) is 23.8. The van der Waals surface area contributed by atoms with Gasteiger partial charge in [0, 0.05) is 0 Å². The van der Waals surface area contributed by atoms with Gasteiger partial charge in [0.15, 0.2) is 23.6 Å². The number of anilines is 1. The molecule has 0 radical (unpaired) electrons. The number of hydrogen-bond acceptors (Lipinski definition) is 10. The van der Waals surface area contributed by atoms with Crippen LogP contribution in [0.5, 0.6) is 11.6 Å². The number of nitrogen functional groups attached to an aromatic ring is 1. The van der Waals surface area contributed by atoms with Crippen LogP contribution >= 0.6 is 8.25 Å². The number of aromatic nitrogens is 4. The second-order valence-electron chi connectivity index (χ2n) is 7.44. The summed E-state index contributed by atoms with van der Waals surface area (Å²) < 4.78 is 64.3. The molecule has 11 nitrogen and oxygen atoms in total. The van der Waals surface area contributed by atoms with Crippen molar-refractivity contribution in [2.75, 3.05) is 18.9 Å². The maximum absolute atomic E-state index is 15.4. The van der Waals surface area contributed by atoms with Crippen molar-refractivity contribution in [3.05, 3.63) is 36.7 Å². The fourth-order valence-electron chi connectivity index (χ4n) is 3.46. The molecule has 3 N–H and O–H groups in total. The summed E-state index contributed by atoms with van der Waals surface area (Å²) in [5.74, 6) is -3.02. The fraction of sp³-hybridized carbons (Fsp3) is 0.421. The molecule has 4 rings (SSSR count). The van der Waals surface area contributed by atoms with Crippen molar-refractivity contribution in [2.24, 2.45) is 0 Å². The van der Waals surface area contributed by atoms with E-state index >= 15 is 8.78 Å². The van der Waals surface area contributed by atoms with E-state index in [1.165, 1.54) is 18.5 Å². The number of rotatable bonds is 8. The van der Waals surface area contributed by atoms with Crippen molar-refractivity contribution >= 4 is 25.4 Å². The van der Waals surface area contributed by atoms with Gasteiger partial charge in [-0.3, -0.25) is 9.09 Å². The monoisotopic (exact) mass is 485 g/mol. The minimum Gasteiger partial charge on any atom is -0.476 e. The average molecular weight is 485 g/mol. The fourth-order valence-corrected chi connectivity index (χ4v) is 4.16. The number of imidazole rings is 1. The minimum absolute atomic E-state index is 0.0366. The number of nitrogens with zero attached hydrogens (tertiary/aromatic N) is 4. The first kappa shape index (κ1) is 23.3. The zero-order valence-electron chi connectivity index (χ0n) is 17.6. The van der Waals surface area contributed by atoms with Crippen LogP contribution in [0, 0.1) is 0 Å². The number of fused-ring (bicyclic) bond motifs is 1. The van der Waals surface area contributed by atoms with Crippen molar-refractivity contribution in [3.8, 4) is 11.6 Å². The topological polar surface area (TPSA) is 144 Å². The van der Waals surface area contributed by atoms with Crippen LogP contribution in [0.2, 0.25) is 0 Å². The van der Waals surface area contributed by atoms with Gasteiger partial charge in [0.2, 0.25) is 11.8 Å². The van der Waals surface area contributed by atoms with Crippen LogP contribution in [0.25, 0.3) is 11.2 Å². The van der Waals surface area contributed by atoms with Crippen LogP contribution in [0.15, 0.2) is 36.7 Å². The van der Waals surface area contributed by atoms with Gasteiger partial charge in [0.1, 0.15) is 18.0 Å². The van der Waals surface area contributed by atoms with Crippen molar-refractivity contribution in [2.45, 2.75) is 37.7 Å². The summed E-state index contributed by atoms with van der Waals surface area (Å²) >= 11 is 0. The molecule has 1 fully saturated rings. The third kappa shape index (κ3) is 4.36. The van der Waals surface area contributed by atoms with Gasteiger partial charge < -0.3 is 24.8 Å². The molecule has 5 atom stereocenters. The first-order valence-corrected chi connectivity index (χ1v) is 11.1. The van der Waals surface area contributed by atoms with Gasteiger partial charge in [0.05, 0.1) is 12.9 Å². The zero-order valence-corrected chi connectivity index (χ0v) is 18.6. The molecule has 2 unspecified atom stereocenters. The molecule has 2 aromatic heterocycles. The Labute approximate surface area is 187 Å². The normalized spacial score (nSPS) is 28.2. The van der Waals surface area contributed by atoms with Gasteiger partial charge in [-0.15, -0.1) is 0 Å². The molecule has 0 spiro atoms. The van der Waals surface area contributed by atoms with E-state index in [-0.39, 0.29) is 35.3 Å². The Hall–Kier alpha value is -2.86. The molecular formula is C19H22F2N5O6P. The van der Waals surface area contributed by atoms with E-state index in [0.29, 0.717) is 0 Å². The van der Waals surface area contributed by atoms with Crippen LogP contribution in [0.3, 0.4) is 0 Å². The summed E-state index contributed by atoms with van der Waals surface area (Å²) in [4.78, 5) is 12.1. The lowest BCUT2D eigenvalue weighted by Crippen LogP contribution is -2.46. The third-order valence-electron chi connectivity index (χ3n) is 4.97. The van der Waals surface area contributed by atoms with Gasteiger partial charge >= 0.3 is 8.25 Å². The third-order valence-corrected chi connectivity index (χ3v) is 5.75. The number of halogens is 2. The molecule has 0 amide bonds. The van der Waals surface area contributed by atoms with Gasteiger partial charge in [-0.1, -0.05) is 18.2 Å². The second kappa shape index (κ2) is 8.82. The van der Waals surface area contributed by atoms with Crippen LogP contribution in [0.4, 0.5) is 14.7 Å². The van der Waals surface area contributed by atoms with Crippen molar-refractivity contribution < 1.29 is 37.0 Å². The van der Waals surface area contributed by atoms with Gasteiger partial charge in [-0.05, 0) is 26.0 Å². The van der Waals surface area contributed by atoms with E-state index in [2.05, 4.69) is 15.0 Å². The molecule has 0 bridgehead atoms.